The molecule has 0 saturated carbocycles. The molecule has 1 N–H and O–H groups in total. The molecule has 2 aromatic rings. The SMILES string of the molecule is O=C(O)CSc1nnnn1-c1ccc(I)cc1. The molecule has 0 saturated heterocycles. The van der Waals surface area contributed by atoms with E-state index in [0.717, 1.165) is 21.0 Å². The van der Waals surface area contributed by atoms with Gasteiger partial charge in [0.1, 0.15) is 0 Å². The summed E-state index contributed by atoms with van der Waals surface area (Å²) in [4.78, 5) is 10.5. The first-order valence-corrected chi connectivity index (χ1v) is 6.62. The number of carboxylic acid groups (broad SMARTS) is 1. The Morgan fingerprint density at radius 3 is 2.76 bits per heavy atom. The fraction of sp³-hybridized carbons (Fsp3) is 0.111. The average molecular weight is 362 g/mol. The summed E-state index contributed by atoms with van der Waals surface area (Å²) >= 11 is 3.29. The van der Waals surface area contributed by atoms with Gasteiger partial charge in [-0.3, -0.25) is 4.79 Å². The summed E-state index contributed by atoms with van der Waals surface area (Å²) in [6.07, 6.45) is 0. The van der Waals surface area contributed by atoms with Crippen LogP contribution in [-0.4, -0.2) is 37.0 Å². The second-order valence-corrected chi connectivity index (χ2v) is 5.22. The molecule has 1 heterocycles. The molecule has 0 spiro atoms. The van der Waals surface area contributed by atoms with E-state index in [0.29, 0.717) is 5.16 Å². The summed E-state index contributed by atoms with van der Waals surface area (Å²) in [5.41, 5.74) is 0.809. The van der Waals surface area contributed by atoms with Gasteiger partial charge in [0.25, 0.3) is 0 Å². The standard InChI is InChI=1S/C9H7IN4O2S/c10-6-1-3-7(4-2-6)14-9(11-12-13-14)17-5-8(15)16/h1-4H,5H2,(H,15,16). The van der Waals surface area contributed by atoms with Gasteiger partial charge in [-0.25, -0.2) is 0 Å². The van der Waals surface area contributed by atoms with Gasteiger partial charge in [0.15, 0.2) is 0 Å². The van der Waals surface area contributed by atoms with Crippen LogP contribution in [0, 0.1) is 3.57 Å². The minimum atomic E-state index is -0.896. The summed E-state index contributed by atoms with van der Waals surface area (Å²) in [6.45, 7) is 0. The van der Waals surface area contributed by atoms with Crippen molar-refractivity contribution in [1.29, 1.82) is 0 Å². The number of aliphatic carboxylic acids is 1. The number of rotatable bonds is 4. The Labute approximate surface area is 115 Å². The molecular weight excluding hydrogens is 355 g/mol. The molecule has 0 fully saturated rings. The number of benzene rings is 1. The molecule has 0 bridgehead atoms. The molecule has 6 nitrogen and oxygen atoms in total. The summed E-state index contributed by atoms with van der Waals surface area (Å²) in [7, 11) is 0. The number of thioether (sulfide) groups is 1. The zero-order valence-corrected chi connectivity index (χ0v) is 11.4. The van der Waals surface area contributed by atoms with Crippen LogP contribution < -0.4 is 0 Å². The highest BCUT2D eigenvalue weighted by Crippen LogP contribution is 2.18. The van der Waals surface area contributed by atoms with E-state index >= 15 is 0 Å². The van der Waals surface area contributed by atoms with Crippen LogP contribution in [0.1, 0.15) is 0 Å². The number of tetrazole rings is 1. The van der Waals surface area contributed by atoms with E-state index in [4.69, 9.17) is 5.11 Å². The third kappa shape index (κ3) is 3.16. The maximum absolute atomic E-state index is 10.5. The predicted molar refractivity (Wildman–Crippen MR) is 70.2 cm³/mol. The van der Waals surface area contributed by atoms with E-state index in [1.54, 1.807) is 0 Å². The van der Waals surface area contributed by atoms with Crippen molar-refractivity contribution in [3.8, 4) is 5.69 Å². The molecule has 2 rings (SSSR count). The van der Waals surface area contributed by atoms with Crippen LogP contribution in [0.4, 0.5) is 0 Å². The number of hydrogen-bond donors (Lipinski definition) is 1. The van der Waals surface area contributed by atoms with E-state index in [-0.39, 0.29) is 5.75 Å². The van der Waals surface area contributed by atoms with Gasteiger partial charge in [-0.05, 0) is 57.3 Å². The zero-order valence-electron chi connectivity index (χ0n) is 8.45. The smallest absolute Gasteiger partial charge is 0.313 e. The van der Waals surface area contributed by atoms with Crippen molar-refractivity contribution < 1.29 is 9.90 Å². The first kappa shape index (κ1) is 12.3. The highest BCUT2D eigenvalue weighted by atomic mass is 127. The number of carboxylic acids is 1. The highest BCUT2D eigenvalue weighted by Gasteiger charge is 2.10. The summed E-state index contributed by atoms with van der Waals surface area (Å²) in [5.74, 6) is -0.961. The molecule has 17 heavy (non-hydrogen) atoms. The van der Waals surface area contributed by atoms with E-state index in [9.17, 15) is 4.79 Å². The normalized spacial score (nSPS) is 10.4. The number of carbonyl (C=O) groups is 1. The molecule has 0 unspecified atom stereocenters. The van der Waals surface area contributed by atoms with Crippen LogP contribution in [0.25, 0.3) is 5.69 Å². The van der Waals surface area contributed by atoms with E-state index < -0.39 is 5.97 Å². The summed E-state index contributed by atoms with van der Waals surface area (Å²) in [5, 5.41) is 20.2. The van der Waals surface area contributed by atoms with Gasteiger partial charge in [-0.15, -0.1) is 5.10 Å². The average Bonchev–Trinajstić information content (AvgIpc) is 2.75. The second-order valence-electron chi connectivity index (χ2n) is 3.03. The lowest BCUT2D eigenvalue weighted by Crippen LogP contribution is -2.02. The lowest BCUT2D eigenvalue weighted by molar-refractivity contribution is -0.133. The Kier molecular flexibility index (Phi) is 3.94. The summed E-state index contributed by atoms with van der Waals surface area (Å²) in [6, 6.07) is 7.62. The second kappa shape index (κ2) is 5.45. The molecule has 0 aliphatic carbocycles. The maximum Gasteiger partial charge on any atom is 0.313 e. The molecule has 0 radical (unpaired) electrons. The largest absolute Gasteiger partial charge is 0.481 e. The minimum absolute atomic E-state index is 0.0647. The highest BCUT2D eigenvalue weighted by molar-refractivity contribution is 14.1. The van der Waals surface area contributed by atoms with Crippen molar-refractivity contribution >= 4 is 40.3 Å². The molecular formula is C9H7IN4O2S. The minimum Gasteiger partial charge on any atom is -0.481 e. The van der Waals surface area contributed by atoms with Crippen LogP contribution in [0.3, 0.4) is 0 Å². The number of aromatic nitrogens is 4. The van der Waals surface area contributed by atoms with Crippen molar-refractivity contribution in [3.63, 3.8) is 0 Å². The van der Waals surface area contributed by atoms with Crippen LogP contribution in [-0.2, 0) is 4.79 Å². The molecule has 0 atom stereocenters. The van der Waals surface area contributed by atoms with E-state index in [1.807, 2.05) is 24.3 Å². The Bertz CT molecular complexity index is 528. The molecule has 1 aromatic heterocycles. The van der Waals surface area contributed by atoms with Crippen LogP contribution in [0.15, 0.2) is 29.4 Å². The van der Waals surface area contributed by atoms with Gasteiger partial charge in [0.05, 0.1) is 11.4 Å². The predicted octanol–water partition coefficient (Wildman–Crippen LogP) is 1.44. The number of hydrogen-bond acceptors (Lipinski definition) is 5. The molecule has 88 valence electrons. The molecule has 0 amide bonds. The first-order chi connectivity index (χ1) is 8.16. The van der Waals surface area contributed by atoms with Crippen molar-refractivity contribution in [2.75, 3.05) is 5.75 Å². The Morgan fingerprint density at radius 1 is 1.41 bits per heavy atom. The van der Waals surface area contributed by atoms with E-state index in [2.05, 4.69) is 38.1 Å². The van der Waals surface area contributed by atoms with Crippen LogP contribution in [0.5, 0.6) is 0 Å². The van der Waals surface area contributed by atoms with Gasteiger partial charge < -0.3 is 5.11 Å². The Morgan fingerprint density at radius 2 is 2.12 bits per heavy atom. The van der Waals surface area contributed by atoms with Gasteiger partial charge >= 0.3 is 5.97 Å². The molecule has 0 aliphatic rings. The van der Waals surface area contributed by atoms with Crippen molar-refractivity contribution in [2.24, 2.45) is 0 Å². The Balaban J connectivity index is 2.24. The van der Waals surface area contributed by atoms with Gasteiger partial charge in [-0.2, -0.15) is 4.68 Å². The molecule has 1 aromatic carbocycles. The van der Waals surface area contributed by atoms with E-state index in [1.165, 1.54) is 4.68 Å². The van der Waals surface area contributed by atoms with Crippen molar-refractivity contribution in [1.82, 2.24) is 20.2 Å². The fourth-order valence-corrected chi connectivity index (χ4v) is 2.11. The Hall–Kier alpha value is -1.16. The maximum atomic E-state index is 10.5. The molecule has 0 aliphatic heterocycles. The fourth-order valence-electron chi connectivity index (χ4n) is 1.14. The van der Waals surface area contributed by atoms with Gasteiger partial charge in [0.2, 0.25) is 5.16 Å². The van der Waals surface area contributed by atoms with Crippen molar-refractivity contribution in [2.45, 2.75) is 5.16 Å². The zero-order chi connectivity index (χ0) is 12.3. The van der Waals surface area contributed by atoms with Crippen LogP contribution >= 0.6 is 34.4 Å². The number of nitrogens with zero attached hydrogens (tertiary/aromatic N) is 4. The van der Waals surface area contributed by atoms with Crippen molar-refractivity contribution in [3.05, 3.63) is 27.8 Å². The quantitative estimate of drug-likeness (QED) is 0.655. The first-order valence-electron chi connectivity index (χ1n) is 4.56. The lowest BCUT2D eigenvalue weighted by Gasteiger charge is -2.02. The monoisotopic (exact) mass is 362 g/mol. The summed E-state index contributed by atoms with van der Waals surface area (Å²) < 4.78 is 2.63. The molecule has 8 heteroatoms. The third-order valence-corrected chi connectivity index (χ3v) is 3.46. The lowest BCUT2D eigenvalue weighted by atomic mass is 10.3. The topological polar surface area (TPSA) is 80.9 Å². The number of halogens is 1. The van der Waals surface area contributed by atoms with Crippen LogP contribution in [0.2, 0.25) is 0 Å². The van der Waals surface area contributed by atoms with Gasteiger partial charge in [0, 0.05) is 3.57 Å². The van der Waals surface area contributed by atoms with Gasteiger partial charge in [-0.1, -0.05) is 11.8 Å². The third-order valence-electron chi connectivity index (χ3n) is 1.84.